The number of carbonyl (C=O) groups is 1. The second-order valence-corrected chi connectivity index (χ2v) is 5.43. The van der Waals surface area contributed by atoms with Gasteiger partial charge in [-0.05, 0) is 24.8 Å². The van der Waals surface area contributed by atoms with Crippen molar-refractivity contribution in [2.75, 3.05) is 6.26 Å². The molecule has 0 aliphatic heterocycles. The monoisotopic (exact) mass is 290 g/mol. The number of rotatable bonds is 6. The lowest BCUT2D eigenvalue weighted by Crippen LogP contribution is -2.26. The molecule has 2 aromatic rings. The molecule has 1 heterocycles. The van der Waals surface area contributed by atoms with E-state index < -0.39 is 0 Å². The van der Waals surface area contributed by atoms with Crippen LogP contribution in [0, 0.1) is 0 Å². The molecule has 0 saturated carbocycles. The highest BCUT2D eigenvalue weighted by atomic mass is 32.2. The molecule has 0 fully saturated rings. The molecule has 0 atom stereocenters. The summed E-state index contributed by atoms with van der Waals surface area (Å²) < 4.78 is 3.09. The molecule has 20 heavy (non-hydrogen) atoms. The number of ketones is 1. The van der Waals surface area contributed by atoms with Crippen LogP contribution in [0.25, 0.3) is 0 Å². The van der Waals surface area contributed by atoms with Gasteiger partial charge in [-0.15, -0.1) is 11.8 Å². The van der Waals surface area contributed by atoms with Crippen molar-refractivity contribution in [1.82, 2.24) is 9.13 Å². The first-order chi connectivity index (χ1) is 9.65. The Kier molecular flexibility index (Phi) is 4.84. The van der Waals surface area contributed by atoms with Crippen LogP contribution < -0.4 is 5.69 Å². The van der Waals surface area contributed by atoms with E-state index in [-0.39, 0.29) is 18.0 Å². The maximum Gasteiger partial charge on any atom is 0.328 e. The molecule has 0 N–H and O–H groups in total. The Morgan fingerprint density at radius 1 is 1.15 bits per heavy atom. The van der Waals surface area contributed by atoms with E-state index in [1.54, 1.807) is 28.7 Å². The normalized spacial score (nSPS) is 10.7. The summed E-state index contributed by atoms with van der Waals surface area (Å²) in [7, 11) is 0. The van der Waals surface area contributed by atoms with Gasteiger partial charge in [0.15, 0.2) is 5.78 Å². The van der Waals surface area contributed by atoms with E-state index in [9.17, 15) is 9.59 Å². The standard InChI is InChI=1S/C15H18N2O2S/c1-3-8-16-9-10-17(15(16)19)11-14(18)12-4-6-13(20-2)7-5-12/h4-7,9-10H,3,8,11H2,1-2H3. The zero-order chi connectivity index (χ0) is 14.5. The third-order valence-electron chi connectivity index (χ3n) is 3.11. The zero-order valence-electron chi connectivity index (χ0n) is 11.7. The quantitative estimate of drug-likeness (QED) is 0.607. The predicted molar refractivity (Wildman–Crippen MR) is 81.5 cm³/mol. The number of aromatic nitrogens is 2. The first-order valence-electron chi connectivity index (χ1n) is 6.58. The molecular weight excluding hydrogens is 272 g/mol. The van der Waals surface area contributed by atoms with Gasteiger partial charge in [-0.25, -0.2) is 4.79 Å². The van der Waals surface area contributed by atoms with E-state index >= 15 is 0 Å². The molecule has 0 bridgehead atoms. The van der Waals surface area contributed by atoms with Gasteiger partial charge in [0.1, 0.15) is 0 Å². The Morgan fingerprint density at radius 3 is 2.40 bits per heavy atom. The largest absolute Gasteiger partial charge is 0.328 e. The Labute approximate surface area is 122 Å². The van der Waals surface area contributed by atoms with E-state index in [0.717, 1.165) is 11.3 Å². The fourth-order valence-electron chi connectivity index (χ4n) is 2.01. The average Bonchev–Trinajstić information content (AvgIpc) is 2.81. The highest BCUT2D eigenvalue weighted by Gasteiger charge is 2.10. The summed E-state index contributed by atoms with van der Waals surface area (Å²) in [6, 6.07) is 7.45. The third-order valence-corrected chi connectivity index (χ3v) is 3.85. The Morgan fingerprint density at radius 2 is 1.80 bits per heavy atom. The number of Topliss-reactive ketones (excluding diaryl/α,β-unsaturated/α-hetero) is 1. The van der Waals surface area contributed by atoms with Crippen LogP contribution in [0.2, 0.25) is 0 Å². The van der Waals surface area contributed by atoms with Gasteiger partial charge in [0.2, 0.25) is 0 Å². The zero-order valence-corrected chi connectivity index (χ0v) is 12.5. The molecular formula is C15H18N2O2S. The molecule has 0 spiro atoms. The van der Waals surface area contributed by atoms with Gasteiger partial charge in [-0.3, -0.25) is 13.9 Å². The molecule has 0 amide bonds. The summed E-state index contributed by atoms with van der Waals surface area (Å²) in [5.74, 6) is -0.0472. The van der Waals surface area contributed by atoms with Gasteiger partial charge in [0, 0.05) is 29.4 Å². The van der Waals surface area contributed by atoms with Gasteiger partial charge in [0.05, 0.1) is 6.54 Å². The van der Waals surface area contributed by atoms with Crippen molar-refractivity contribution in [2.45, 2.75) is 31.3 Å². The van der Waals surface area contributed by atoms with Crippen molar-refractivity contribution in [3.05, 3.63) is 52.7 Å². The summed E-state index contributed by atoms with van der Waals surface area (Å²) >= 11 is 1.63. The van der Waals surface area contributed by atoms with Crippen molar-refractivity contribution >= 4 is 17.5 Å². The minimum atomic E-state index is -0.124. The Balaban J connectivity index is 2.12. The summed E-state index contributed by atoms with van der Waals surface area (Å²) in [5.41, 5.74) is 0.513. The second kappa shape index (κ2) is 6.61. The van der Waals surface area contributed by atoms with Crippen LogP contribution in [0.4, 0.5) is 0 Å². The van der Waals surface area contributed by atoms with Crippen LogP contribution in [0.5, 0.6) is 0 Å². The maximum atomic E-state index is 12.2. The van der Waals surface area contributed by atoms with Crippen molar-refractivity contribution in [3.63, 3.8) is 0 Å². The van der Waals surface area contributed by atoms with Crippen molar-refractivity contribution in [2.24, 2.45) is 0 Å². The highest BCUT2D eigenvalue weighted by Crippen LogP contribution is 2.15. The molecule has 1 aromatic carbocycles. The Bertz CT molecular complexity index is 641. The molecule has 0 radical (unpaired) electrons. The minimum absolute atomic E-state index is 0.0472. The number of benzene rings is 1. The van der Waals surface area contributed by atoms with E-state index in [1.165, 1.54) is 4.57 Å². The van der Waals surface area contributed by atoms with Crippen molar-refractivity contribution in [1.29, 1.82) is 0 Å². The first-order valence-corrected chi connectivity index (χ1v) is 7.81. The van der Waals surface area contributed by atoms with Crippen LogP contribution in [0.1, 0.15) is 23.7 Å². The number of aryl methyl sites for hydroxylation is 1. The van der Waals surface area contributed by atoms with Crippen LogP contribution in [-0.4, -0.2) is 21.2 Å². The van der Waals surface area contributed by atoms with Gasteiger partial charge in [-0.1, -0.05) is 19.1 Å². The molecule has 2 rings (SSSR count). The van der Waals surface area contributed by atoms with Gasteiger partial charge >= 0.3 is 5.69 Å². The van der Waals surface area contributed by atoms with Gasteiger partial charge in [-0.2, -0.15) is 0 Å². The lowest BCUT2D eigenvalue weighted by Gasteiger charge is -2.03. The number of thioether (sulfide) groups is 1. The number of imidazole rings is 1. The van der Waals surface area contributed by atoms with Crippen LogP contribution in [0.15, 0.2) is 46.3 Å². The third kappa shape index (κ3) is 3.22. The molecule has 4 nitrogen and oxygen atoms in total. The van der Waals surface area contributed by atoms with E-state index in [4.69, 9.17) is 0 Å². The first kappa shape index (κ1) is 14.7. The highest BCUT2D eigenvalue weighted by molar-refractivity contribution is 7.98. The summed E-state index contributed by atoms with van der Waals surface area (Å²) in [4.78, 5) is 25.3. The van der Waals surface area contributed by atoms with E-state index in [2.05, 4.69) is 0 Å². The molecule has 0 aliphatic carbocycles. The van der Waals surface area contributed by atoms with Gasteiger partial charge < -0.3 is 0 Å². The van der Waals surface area contributed by atoms with Crippen LogP contribution in [0.3, 0.4) is 0 Å². The number of nitrogens with zero attached hydrogens (tertiary/aromatic N) is 2. The molecule has 0 unspecified atom stereocenters. The Hall–Kier alpha value is -1.75. The second-order valence-electron chi connectivity index (χ2n) is 4.55. The summed E-state index contributed by atoms with van der Waals surface area (Å²) in [5, 5.41) is 0. The predicted octanol–water partition coefficient (Wildman–Crippen LogP) is 2.66. The van der Waals surface area contributed by atoms with E-state index in [1.807, 2.05) is 37.4 Å². The fraction of sp³-hybridized carbons (Fsp3) is 0.333. The molecule has 1 aromatic heterocycles. The fourth-order valence-corrected chi connectivity index (χ4v) is 2.42. The number of carbonyl (C=O) groups excluding carboxylic acids is 1. The molecule has 5 heteroatoms. The van der Waals surface area contributed by atoms with Crippen molar-refractivity contribution in [3.8, 4) is 0 Å². The number of hydrogen-bond donors (Lipinski definition) is 0. The van der Waals surface area contributed by atoms with Crippen molar-refractivity contribution < 1.29 is 4.79 Å². The molecule has 106 valence electrons. The minimum Gasteiger partial charge on any atom is -0.299 e. The van der Waals surface area contributed by atoms with Gasteiger partial charge in [0.25, 0.3) is 0 Å². The smallest absolute Gasteiger partial charge is 0.299 e. The maximum absolute atomic E-state index is 12.2. The topological polar surface area (TPSA) is 44.0 Å². The number of hydrogen-bond acceptors (Lipinski definition) is 3. The molecule has 0 aliphatic rings. The van der Waals surface area contributed by atoms with Crippen LogP contribution >= 0.6 is 11.8 Å². The summed E-state index contributed by atoms with van der Waals surface area (Å²) in [6.45, 7) is 2.79. The SMILES string of the molecule is CCCn1ccn(CC(=O)c2ccc(SC)cc2)c1=O. The van der Waals surface area contributed by atoms with E-state index in [0.29, 0.717) is 12.1 Å². The lowest BCUT2D eigenvalue weighted by molar-refractivity contribution is 0.0970. The average molecular weight is 290 g/mol. The summed E-state index contributed by atoms with van der Waals surface area (Å²) in [6.07, 6.45) is 6.29. The molecule has 0 saturated heterocycles. The van der Waals surface area contributed by atoms with Crippen LogP contribution in [-0.2, 0) is 13.1 Å². The lowest BCUT2D eigenvalue weighted by atomic mass is 10.1.